The summed E-state index contributed by atoms with van der Waals surface area (Å²) in [6.45, 7) is 3.35. The summed E-state index contributed by atoms with van der Waals surface area (Å²) in [5.74, 6) is 0.926. The van der Waals surface area contributed by atoms with Crippen LogP contribution in [0.2, 0.25) is 0 Å². The summed E-state index contributed by atoms with van der Waals surface area (Å²) in [4.78, 5) is 17.3. The molecule has 2 rings (SSSR count). The lowest BCUT2D eigenvalue weighted by molar-refractivity contribution is -0.119. The lowest BCUT2D eigenvalue weighted by Gasteiger charge is -2.23. The number of nitrogens with two attached hydrogens (primary N) is 1. The average Bonchev–Trinajstić information content (AvgIpc) is 2.63. The Balaban J connectivity index is 1.95. The van der Waals surface area contributed by atoms with Gasteiger partial charge in [-0.2, -0.15) is 0 Å². The summed E-state index contributed by atoms with van der Waals surface area (Å²) in [6.07, 6.45) is 0. The molecule has 2 aromatic carbocycles. The largest absolute Gasteiger partial charge is 0.484 e. The molecule has 0 aromatic heterocycles. The van der Waals surface area contributed by atoms with E-state index in [1.54, 1.807) is 13.1 Å². The highest BCUT2D eigenvalue weighted by molar-refractivity contribution is 5.79. The number of hydrogen-bond acceptors (Lipinski definition) is 3. The maximum Gasteiger partial charge on any atom is 0.255 e. The van der Waals surface area contributed by atoms with E-state index in [9.17, 15) is 4.79 Å². The van der Waals surface area contributed by atoms with Crippen LogP contribution in [0.5, 0.6) is 5.75 Å². The quantitative estimate of drug-likeness (QED) is 0.589. The highest BCUT2D eigenvalue weighted by Crippen LogP contribution is 2.13. The van der Waals surface area contributed by atoms with Gasteiger partial charge in [-0.3, -0.25) is 9.79 Å². The molecule has 0 fully saturated rings. The number of aliphatic imine (C=N–C) groups is 1. The Kier molecular flexibility index (Phi) is 7.02. The minimum absolute atomic E-state index is 0.127. The van der Waals surface area contributed by atoms with Crippen molar-refractivity contribution in [3.63, 3.8) is 0 Å². The van der Waals surface area contributed by atoms with E-state index in [2.05, 4.69) is 34.3 Å². The highest BCUT2D eigenvalue weighted by Gasteiger charge is 2.08. The summed E-state index contributed by atoms with van der Waals surface area (Å²) >= 11 is 0. The number of guanidine groups is 1. The molecule has 0 saturated heterocycles. The average molecular weight is 354 g/mol. The molecule has 0 heterocycles. The number of benzene rings is 2. The van der Waals surface area contributed by atoms with Crippen LogP contribution in [0.3, 0.4) is 0 Å². The number of ether oxygens (including phenoxy) is 1. The van der Waals surface area contributed by atoms with Crippen molar-refractivity contribution in [3.8, 4) is 5.75 Å². The third-order valence-electron chi connectivity index (χ3n) is 3.97. The van der Waals surface area contributed by atoms with Crippen LogP contribution in [0.15, 0.2) is 53.5 Å². The summed E-state index contributed by atoms with van der Waals surface area (Å²) in [6, 6.07) is 15.9. The van der Waals surface area contributed by atoms with Crippen LogP contribution in [0.1, 0.15) is 16.7 Å². The first-order valence-electron chi connectivity index (χ1n) is 8.46. The van der Waals surface area contributed by atoms with Crippen LogP contribution in [-0.2, 0) is 17.9 Å². The number of primary amides is 1. The molecule has 0 aliphatic rings. The lowest BCUT2D eigenvalue weighted by Crippen LogP contribution is -2.38. The van der Waals surface area contributed by atoms with Gasteiger partial charge in [0.1, 0.15) is 5.75 Å². The van der Waals surface area contributed by atoms with Gasteiger partial charge in [0.15, 0.2) is 12.6 Å². The molecule has 0 saturated carbocycles. The number of aryl methyl sites for hydroxylation is 1. The number of nitrogens with zero attached hydrogens (tertiary/aromatic N) is 2. The molecule has 2 aromatic rings. The lowest BCUT2D eigenvalue weighted by atomic mass is 10.1. The zero-order valence-corrected chi connectivity index (χ0v) is 15.5. The summed E-state index contributed by atoms with van der Waals surface area (Å²) in [5.41, 5.74) is 8.65. The number of carbonyl (C=O) groups is 1. The predicted molar refractivity (Wildman–Crippen MR) is 104 cm³/mol. The van der Waals surface area contributed by atoms with Crippen molar-refractivity contribution in [3.05, 3.63) is 65.2 Å². The Morgan fingerprint density at radius 3 is 2.69 bits per heavy atom. The molecule has 6 nitrogen and oxygen atoms in total. The van der Waals surface area contributed by atoms with Gasteiger partial charge in [-0.15, -0.1) is 0 Å². The number of hydrogen-bond donors (Lipinski definition) is 2. The monoisotopic (exact) mass is 354 g/mol. The van der Waals surface area contributed by atoms with Gasteiger partial charge in [0.05, 0.1) is 0 Å². The van der Waals surface area contributed by atoms with E-state index >= 15 is 0 Å². The minimum Gasteiger partial charge on any atom is -0.484 e. The molecule has 1 amide bonds. The zero-order valence-electron chi connectivity index (χ0n) is 15.5. The second-order valence-corrected chi connectivity index (χ2v) is 6.09. The summed E-state index contributed by atoms with van der Waals surface area (Å²) in [7, 11) is 3.78. The maximum atomic E-state index is 10.8. The van der Waals surface area contributed by atoms with Crippen molar-refractivity contribution in [1.82, 2.24) is 10.2 Å². The third kappa shape index (κ3) is 5.81. The van der Waals surface area contributed by atoms with E-state index in [0.29, 0.717) is 12.3 Å². The maximum absolute atomic E-state index is 10.8. The molecule has 0 unspecified atom stereocenters. The van der Waals surface area contributed by atoms with Crippen LogP contribution in [0.25, 0.3) is 0 Å². The van der Waals surface area contributed by atoms with E-state index in [0.717, 1.165) is 18.1 Å². The van der Waals surface area contributed by atoms with Crippen molar-refractivity contribution in [2.45, 2.75) is 20.0 Å². The van der Waals surface area contributed by atoms with Gasteiger partial charge >= 0.3 is 0 Å². The highest BCUT2D eigenvalue weighted by atomic mass is 16.5. The number of nitrogens with one attached hydrogen (secondary N) is 1. The van der Waals surface area contributed by atoms with Gasteiger partial charge in [-0.25, -0.2) is 0 Å². The summed E-state index contributed by atoms with van der Waals surface area (Å²) < 4.78 is 5.34. The standard InChI is InChI=1S/C20H26N4O2/c1-15-7-4-5-9-17(15)13-24(3)20(22-2)23-12-16-8-6-10-18(11-16)26-14-19(21)25/h4-11H,12-14H2,1-3H3,(H2,21,25)(H,22,23). The molecule has 3 N–H and O–H groups in total. The van der Waals surface area contributed by atoms with Crippen LogP contribution in [0, 0.1) is 6.92 Å². The number of amides is 1. The van der Waals surface area contributed by atoms with E-state index in [1.807, 2.05) is 37.4 Å². The summed E-state index contributed by atoms with van der Waals surface area (Å²) in [5, 5.41) is 3.35. The van der Waals surface area contributed by atoms with Crippen LogP contribution in [0.4, 0.5) is 0 Å². The topological polar surface area (TPSA) is 80.0 Å². The fourth-order valence-corrected chi connectivity index (χ4v) is 2.58. The minimum atomic E-state index is -0.494. The Labute approximate surface area is 154 Å². The van der Waals surface area contributed by atoms with Crippen molar-refractivity contribution in [2.24, 2.45) is 10.7 Å². The number of rotatable bonds is 7. The van der Waals surface area contributed by atoms with Crippen molar-refractivity contribution < 1.29 is 9.53 Å². The number of carbonyl (C=O) groups excluding carboxylic acids is 1. The Morgan fingerprint density at radius 2 is 2.00 bits per heavy atom. The second-order valence-electron chi connectivity index (χ2n) is 6.09. The Bertz CT molecular complexity index is 774. The smallest absolute Gasteiger partial charge is 0.255 e. The van der Waals surface area contributed by atoms with Crippen LogP contribution in [-0.4, -0.2) is 37.5 Å². The van der Waals surface area contributed by atoms with Gasteiger partial charge in [0, 0.05) is 27.2 Å². The molecule has 138 valence electrons. The first kappa shape index (κ1) is 19.3. The molecular weight excluding hydrogens is 328 g/mol. The zero-order chi connectivity index (χ0) is 18.9. The van der Waals surface area contributed by atoms with E-state index in [-0.39, 0.29) is 6.61 Å². The van der Waals surface area contributed by atoms with E-state index in [1.165, 1.54) is 11.1 Å². The SMILES string of the molecule is CN=C(NCc1cccc(OCC(N)=O)c1)N(C)Cc1ccccc1C. The molecule has 26 heavy (non-hydrogen) atoms. The normalized spacial score (nSPS) is 11.1. The third-order valence-corrected chi connectivity index (χ3v) is 3.97. The fourth-order valence-electron chi connectivity index (χ4n) is 2.58. The molecule has 6 heteroatoms. The van der Waals surface area contributed by atoms with Crippen molar-refractivity contribution in [2.75, 3.05) is 20.7 Å². The van der Waals surface area contributed by atoms with E-state index in [4.69, 9.17) is 10.5 Å². The fraction of sp³-hybridized carbons (Fsp3) is 0.300. The molecule has 0 spiro atoms. The van der Waals surface area contributed by atoms with E-state index < -0.39 is 5.91 Å². The first-order chi connectivity index (χ1) is 12.5. The molecule has 0 bridgehead atoms. The van der Waals surface area contributed by atoms with Gasteiger partial charge in [0.2, 0.25) is 0 Å². The van der Waals surface area contributed by atoms with Gasteiger partial charge < -0.3 is 20.7 Å². The molecule has 0 atom stereocenters. The van der Waals surface area contributed by atoms with Gasteiger partial charge in [0.25, 0.3) is 5.91 Å². The van der Waals surface area contributed by atoms with Gasteiger partial charge in [-0.1, -0.05) is 36.4 Å². The molecule has 0 aliphatic carbocycles. The van der Waals surface area contributed by atoms with Crippen molar-refractivity contribution >= 4 is 11.9 Å². The molecular formula is C20H26N4O2. The van der Waals surface area contributed by atoms with Gasteiger partial charge in [-0.05, 0) is 35.7 Å². The molecule has 0 radical (unpaired) electrons. The second kappa shape index (κ2) is 9.46. The van der Waals surface area contributed by atoms with Crippen LogP contribution >= 0.6 is 0 Å². The van der Waals surface area contributed by atoms with Crippen LogP contribution < -0.4 is 15.8 Å². The Morgan fingerprint density at radius 1 is 1.23 bits per heavy atom. The Hall–Kier alpha value is -3.02. The molecule has 0 aliphatic heterocycles. The predicted octanol–water partition coefficient (Wildman–Crippen LogP) is 2.07. The first-order valence-corrected chi connectivity index (χ1v) is 8.46. The van der Waals surface area contributed by atoms with Crippen molar-refractivity contribution in [1.29, 1.82) is 0 Å².